The molecule has 15 heavy (non-hydrogen) atoms. The third-order valence-electron chi connectivity index (χ3n) is 3.50. The van der Waals surface area contributed by atoms with Gasteiger partial charge < -0.3 is 9.80 Å². The van der Waals surface area contributed by atoms with Crippen LogP contribution >= 0.6 is 11.6 Å². The molecular weight excluding hydrogens is 212 g/mol. The third kappa shape index (κ3) is 2.85. The predicted octanol–water partition coefficient (Wildman–Crippen LogP) is 1.56. The Morgan fingerprint density at radius 1 is 1.33 bits per heavy atom. The zero-order valence-electron chi connectivity index (χ0n) is 9.92. The molecule has 0 aromatic rings. The van der Waals surface area contributed by atoms with Crippen LogP contribution < -0.4 is 0 Å². The van der Waals surface area contributed by atoms with Crippen molar-refractivity contribution in [2.75, 3.05) is 33.6 Å². The second kappa shape index (κ2) is 5.17. The van der Waals surface area contributed by atoms with Crippen molar-refractivity contribution >= 4 is 17.5 Å². The van der Waals surface area contributed by atoms with Gasteiger partial charge in [-0.2, -0.15) is 0 Å². The van der Waals surface area contributed by atoms with Crippen LogP contribution in [0.1, 0.15) is 25.7 Å². The molecule has 1 aliphatic carbocycles. The van der Waals surface area contributed by atoms with E-state index in [9.17, 15) is 4.79 Å². The summed E-state index contributed by atoms with van der Waals surface area (Å²) in [5, 5.41) is 0. The molecule has 4 heteroatoms. The predicted molar refractivity (Wildman–Crippen MR) is 63.2 cm³/mol. The van der Waals surface area contributed by atoms with Crippen molar-refractivity contribution < 1.29 is 4.79 Å². The molecule has 0 N–H and O–H groups in total. The lowest BCUT2D eigenvalue weighted by molar-refractivity contribution is -0.132. The average Bonchev–Trinajstić information content (AvgIpc) is 2.10. The van der Waals surface area contributed by atoms with Crippen molar-refractivity contribution in [3.05, 3.63) is 0 Å². The first-order valence-electron chi connectivity index (χ1n) is 5.49. The largest absolute Gasteiger partial charge is 0.344 e. The summed E-state index contributed by atoms with van der Waals surface area (Å²) in [7, 11) is 6.07. The summed E-state index contributed by atoms with van der Waals surface area (Å²) in [6.45, 7) is 0.829. The number of likely N-dealkylation sites (N-methyl/N-ethyl adjacent to an activating group) is 2. The smallest absolute Gasteiger partial charge is 0.223 e. The first-order valence-corrected chi connectivity index (χ1v) is 6.03. The average molecular weight is 233 g/mol. The Morgan fingerprint density at radius 2 is 1.93 bits per heavy atom. The highest BCUT2D eigenvalue weighted by Gasteiger charge is 2.40. The molecule has 0 aromatic carbocycles. The van der Waals surface area contributed by atoms with E-state index < -0.39 is 0 Å². The Bertz CT molecular complexity index is 227. The van der Waals surface area contributed by atoms with Gasteiger partial charge in [-0.1, -0.05) is 0 Å². The van der Waals surface area contributed by atoms with Gasteiger partial charge in [-0.15, -0.1) is 11.6 Å². The number of nitrogens with zero attached hydrogens (tertiary/aromatic N) is 2. The number of hydrogen-bond acceptors (Lipinski definition) is 2. The lowest BCUT2D eigenvalue weighted by Crippen LogP contribution is -2.57. The van der Waals surface area contributed by atoms with E-state index >= 15 is 0 Å². The van der Waals surface area contributed by atoms with Gasteiger partial charge >= 0.3 is 0 Å². The van der Waals surface area contributed by atoms with Gasteiger partial charge in [0.15, 0.2) is 0 Å². The number of amides is 1. The Labute approximate surface area is 97.4 Å². The van der Waals surface area contributed by atoms with Gasteiger partial charge in [-0.25, -0.2) is 0 Å². The second-order valence-corrected chi connectivity index (χ2v) is 5.04. The minimum Gasteiger partial charge on any atom is -0.344 e. The van der Waals surface area contributed by atoms with Gasteiger partial charge in [0.25, 0.3) is 0 Å². The molecule has 0 unspecified atom stereocenters. The number of rotatable bonds is 5. The van der Waals surface area contributed by atoms with Crippen molar-refractivity contribution in [3.63, 3.8) is 0 Å². The van der Waals surface area contributed by atoms with Crippen LogP contribution in [0.15, 0.2) is 0 Å². The van der Waals surface area contributed by atoms with Crippen LogP contribution in [0, 0.1) is 0 Å². The summed E-state index contributed by atoms with van der Waals surface area (Å²) in [5.74, 6) is 0.566. The van der Waals surface area contributed by atoms with Crippen LogP contribution in [0.5, 0.6) is 0 Å². The summed E-state index contributed by atoms with van der Waals surface area (Å²) in [5.41, 5.74) is 0.219. The van der Waals surface area contributed by atoms with E-state index in [1.54, 1.807) is 0 Å². The van der Waals surface area contributed by atoms with Crippen LogP contribution in [0.3, 0.4) is 0 Å². The maximum absolute atomic E-state index is 11.6. The second-order valence-electron chi connectivity index (χ2n) is 4.66. The van der Waals surface area contributed by atoms with Gasteiger partial charge in [0.1, 0.15) is 0 Å². The van der Waals surface area contributed by atoms with E-state index in [1.807, 2.05) is 11.9 Å². The molecular formula is C11H21ClN2O. The van der Waals surface area contributed by atoms with Gasteiger partial charge in [0, 0.05) is 31.4 Å². The third-order valence-corrected chi connectivity index (χ3v) is 3.69. The van der Waals surface area contributed by atoms with Crippen LogP contribution in [0.2, 0.25) is 0 Å². The van der Waals surface area contributed by atoms with Gasteiger partial charge in [-0.05, 0) is 33.4 Å². The molecule has 1 rings (SSSR count). The van der Waals surface area contributed by atoms with Gasteiger partial charge in [-0.3, -0.25) is 4.79 Å². The summed E-state index contributed by atoms with van der Waals surface area (Å²) < 4.78 is 0. The summed E-state index contributed by atoms with van der Waals surface area (Å²) in [6.07, 6.45) is 4.11. The summed E-state index contributed by atoms with van der Waals surface area (Å²) >= 11 is 5.56. The zero-order chi connectivity index (χ0) is 11.5. The number of halogens is 1. The van der Waals surface area contributed by atoms with Gasteiger partial charge in [0.05, 0.1) is 0 Å². The fourth-order valence-corrected chi connectivity index (χ4v) is 2.29. The number of carbonyl (C=O) groups excluding carboxylic acids is 1. The maximum atomic E-state index is 11.6. The Morgan fingerprint density at radius 3 is 2.27 bits per heavy atom. The molecule has 0 aromatic heterocycles. The topological polar surface area (TPSA) is 23.6 Å². The SMILES string of the molecule is CN(CC1(N(C)C)CCC1)C(=O)CCCl. The molecule has 0 heterocycles. The Balaban J connectivity index is 2.48. The molecule has 1 saturated carbocycles. The number of alkyl halides is 1. The van der Waals surface area contributed by atoms with E-state index in [1.165, 1.54) is 19.3 Å². The zero-order valence-corrected chi connectivity index (χ0v) is 10.7. The van der Waals surface area contributed by atoms with E-state index in [0.29, 0.717) is 12.3 Å². The van der Waals surface area contributed by atoms with E-state index in [4.69, 9.17) is 11.6 Å². The first-order chi connectivity index (χ1) is 7.02. The van der Waals surface area contributed by atoms with E-state index in [2.05, 4.69) is 19.0 Å². The van der Waals surface area contributed by atoms with E-state index in [0.717, 1.165) is 6.54 Å². The highest BCUT2D eigenvalue weighted by molar-refractivity contribution is 6.18. The number of carbonyl (C=O) groups is 1. The molecule has 0 bridgehead atoms. The quantitative estimate of drug-likeness (QED) is 0.672. The van der Waals surface area contributed by atoms with Gasteiger partial charge in [0.2, 0.25) is 5.91 Å². The molecule has 1 fully saturated rings. The normalized spacial score (nSPS) is 18.7. The van der Waals surface area contributed by atoms with Crippen molar-refractivity contribution in [3.8, 4) is 0 Å². The summed E-state index contributed by atoms with van der Waals surface area (Å²) in [6, 6.07) is 0. The molecule has 1 aliphatic rings. The maximum Gasteiger partial charge on any atom is 0.223 e. The van der Waals surface area contributed by atoms with Crippen LogP contribution in [-0.4, -0.2) is 54.8 Å². The van der Waals surface area contributed by atoms with Crippen LogP contribution in [-0.2, 0) is 4.79 Å². The van der Waals surface area contributed by atoms with Crippen molar-refractivity contribution in [1.82, 2.24) is 9.80 Å². The molecule has 0 aliphatic heterocycles. The Kier molecular flexibility index (Phi) is 4.41. The molecule has 1 amide bonds. The summed E-state index contributed by atoms with van der Waals surface area (Å²) in [4.78, 5) is 15.7. The minimum atomic E-state index is 0.151. The molecule has 0 saturated heterocycles. The Hall–Kier alpha value is -0.280. The highest BCUT2D eigenvalue weighted by Crippen LogP contribution is 2.36. The monoisotopic (exact) mass is 232 g/mol. The van der Waals surface area contributed by atoms with Crippen molar-refractivity contribution in [2.24, 2.45) is 0 Å². The molecule has 3 nitrogen and oxygen atoms in total. The van der Waals surface area contributed by atoms with Crippen LogP contribution in [0.25, 0.3) is 0 Å². The van der Waals surface area contributed by atoms with Crippen molar-refractivity contribution in [1.29, 1.82) is 0 Å². The first kappa shape index (κ1) is 12.8. The fraction of sp³-hybridized carbons (Fsp3) is 0.909. The molecule has 0 spiro atoms. The standard InChI is InChI=1S/C11H21ClN2O/c1-13(2)11(6-4-7-11)9-14(3)10(15)5-8-12/h4-9H2,1-3H3. The lowest BCUT2D eigenvalue weighted by atomic mass is 9.75. The fourth-order valence-electron chi connectivity index (χ4n) is 2.13. The minimum absolute atomic E-state index is 0.151. The lowest BCUT2D eigenvalue weighted by Gasteiger charge is -2.49. The van der Waals surface area contributed by atoms with E-state index in [-0.39, 0.29) is 11.4 Å². The van der Waals surface area contributed by atoms with Crippen molar-refractivity contribution in [2.45, 2.75) is 31.2 Å². The highest BCUT2D eigenvalue weighted by atomic mass is 35.5. The number of hydrogen-bond donors (Lipinski definition) is 0. The molecule has 88 valence electrons. The van der Waals surface area contributed by atoms with Crippen LogP contribution in [0.4, 0.5) is 0 Å². The molecule has 0 radical (unpaired) electrons. The molecule has 0 atom stereocenters.